The molecule has 82 valence electrons. The molecule has 1 aliphatic rings. The number of carbonyl (C=O) groups excluding carboxylic acids is 1. The van der Waals surface area contributed by atoms with Crippen LogP contribution in [0.4, 0.5) is 0 Å². The van der Waals surface area contributed by atoms with Crippen LogP contribution in [0, 0.1) is 5.41 Å². The van der Waals surface area contributed by atoms with E-state index in [1.165, 1.54) is 4.88 Å². The molecule has 15 heavy (non-hydrogen) atoms. The second kappa shape index (κ2) is 3.86. The Morgan fingerprint density at radius 3 is 2.80 bits per heavy atom. The zero-order valence-corrected chi connectivity index (χ0v) is 12.2. The lowest BCUT2D eigenvalue weighted by atomic mass is 10.1. The Morgan fingerprint density at radius 2 is 2.33 bits per heavy atom. The second-order valence-corrected chi connectivity index (χ2v) is 8.78. The van der Waals surface area contributed by atoms with Crippen molar-refractivity contribution < 1.29 is 4.79 Å². The van der Waals surface area contributed by atoms with Gasteiger partial charge >= 0.3 is 0 Å². The first kappa shape index (κ1) is 11.6. The van der Waals surface area contributed by atoms with Crippen molar-refractivity contribution in [2.24, 2.45) is 5.41 Å². The highest BCUT2D eigenvalue weighted by Crippen LogP contribution is 2.66. The van der Waals surface area contributed by atoms with Crippen LogP contribution in [-0.2, 0) is 11.3 Å². The number of carbonyl (C=O) groups is 1. The number of alkyl halides is 2. The van der Waals surface area contributed by atoms with Gasteiger partial charge in [0, 0.05) is 4.88 Å². The van der Waals surface area contributed by atoms with Crippen molar-refractivity contribution >= 4 is 49.1 Å². The van der Waals surface area contributed by atoms with E-state index in [1.54, 1.807) is 11.3 Å². The minimum absolute atomic E-state index is 0.102. The summed E-state index contributed by atoms with van der Waals surface area (Å²) >= 11 is 8.63. The van der Waals surface area contributed by atoms with E-state index in [-0.39, 0.29) is 14.6 Å². The van der Waals surface area contributed by atoms with Gasteiger partial charge in [-0.2, -0.15) is 0 Å². The molecule has 1 saturated carbocycles. The Labute approximate surface area is 110 Å². The zero-order chi connectivity index (χ0) is 11.1. The van der Waals surface area contributed by atoms with Gasteiger partial charge in [-0.05, 0) is 24.8 Å². The van der Waals surface area contributed by atoms with E-state index >= 15 is 0 Å². The van der Waals surface area contributed by atoms with Crippen LogP contribution in [0.15, 0.2) is 17.5 Å². The standard InChI is InChI=1S/C10H11Br2NOS/c1-9(6-10(9,11)12)8(14)13-5-7-3-2-4-15-7/h2-4H,5-6H2,1H3,(H,13,14)/t9-/m0/s1. The Hall–Kier alpha value is 0.130. The summed E-state index contributed by atoms with van der Waals surface area (Å²) in [6.45, 7) is 2.59. The summed E-state index contributed by atoms with van der Waals surface area (Å²) in [5, 5.41) is 4.97. The highest BCUT2D eigenvalue weighted by atomic mass is 79.9. The van der Waals surface area contributed by atoms with E-state index in [4.69, 9.17) is 0 Å². The van der Waals surface area contributed by atoms with Crippen LogP contribution in [-0.4, -0.2) is 9.14 Å². The summed E-state index contributed by atoms with van der Waals surface area (Å²) in [5.74, 6) is 0.102. The third-order valence-corrected chi connectivity index (χ3v) is 5.95. The molecule has 0 bridgehead atoms. The molecule has 0 aliphatic heterocycles. The third-order valence-electron chi connectivity index (χ3n) is 2.76. The molecule has 1 aliphatic carbocycles. The molecule has 0 aromatic carbocycles. The first-order chi connectivity index (χ1) is 6.96. The fourth-order valence-corrected chi connectivity index (χ4v) is 3.55. The van der Waals surface area contributed by atoms with Gasteiger partial charge < -0.3 is 5.32 Å². The largest absolute Gasteiger partial charge is 0.351 e. The normalized spacial score (nSPS) is 27.4. The lowest BCUT2D eigenvalue weighted by Gasteiger charge is -2.12. The number of nitrogens with one attached hydrogen (secondary N) is 1. The maximum atomic E-state index is 11.9. The number of rotatable bonds is 3. The van der Waals surface area contributed by atoms with Crippen molar-refractivity contribution in [1.82, 2.24) is 5.32 Å². The SMILES string of the molecule is C[C@@]1(C(=O)NCc2cccs2)CC1(Br)Br. The second-order valence-electron chi connectivity index (χ2n) is 3.98. The monoisotopic (exact) mass is 351 g/mol. The first-order valence-electron chi connectivity index (χ1n) is 4.64. The van der Waals surface area contributed by atoms with Gasteiger partial charge in [0.15, 0.2) is 0 Å². The molecule has 0 unspecified atom stereocenters. The maximum absolute atomic E-state index is 11.9. The lowest BCUT2D eigenvalue weighted by molar-refractivity contribution is -0.125. The average Bonchev–Trinajstić information content (AvgIpc) is 2.57. The zero-order valence-electron chi connectivity index (χ0n) is 8.22. The Bertz CT molecular complexity index is 377. The molecule has 0 spiro atoms. The highest BCUT2D eigenvalue weighted by molar-refractivity contribution is 9.25. The Kier molecular flexibility index (Phi) is 2.99. The topological polar surface area (TPSA) is 29.1 Å². The molecule has 1 atom stereocenters. The number of hydrogen-bond acceptors (Lipinski definition) is 2. The summed E-state index contributed by atoms with van der Waals surface area (Å²) in [6, 6.07) is 4.01. The van der Waals surface area contributed by atoms with Crippen LogP contribution < -0.4 is 5.32 Å². The van der Waals surface area contributed by atoms with Crippen LogP contribution in [0.25, 0.3) is 0 Å². The molecule has 2 nitrogen and oxygen atoms in total. The maximum Gasteiger partial charge on any atom is 0.228 e. The van der Waals surface area contributed by atoms with Crippen molar-refractivity contribution in [2.75, 3.05) is 0 Å². The van der Waals surface area contributed by atoms with E-state index in [1.807, 2.05) is 24.4 Å². The first-order valence-corrected chi connectivity index (χ1v) is 7.11. The van der Waals surface area contributed by atoms with E-state index in [0.29, 0.717) is 6.54 Å². The quantitative estimate of drug-likeness (QED) is 0.831. The molecule has 1 aromatic rings. The molecule has 1 heterocycles. The predicted molar refractivity (Wildman–Crippen MR) is 69.5 cm³/mol. The molecule has 1 aromatic heterocycles. The fraction of sp³-hybridized carbons (Fsp3) is 0.500. The van der Waals surface area contributed by atoms with Crippen molar-refractivity contribution in [1.29, 1.82) is 0 Å². The van der Waals surface area contributed by atoms with Gasteiger partial charge in [-0.1, -0.05) is 37.9 Å². The van der Waals surface area contributed by atoms with Crippen LogP contribution in [0.2, 0.25) is 0 Å². The molecule has 1 amide bonds. The molecular formula is C10H11Br2NOS. The van der Waals surface area contributed by atoms with Gasteiger partial charge in [0.05, 0.1) is 15.2 Å². The van der Waals surface area contributed by atoms with Gasteiger partial charge in [-0.3, -0.25) is 4.79 Å². The Balaban J connectivity index is 1.89. The van der Waals surface area contributed by atoms with E-state index in [0.717, 1.165) is 6.42 Å². The summed E-state index contributed by atoms with van der Waals surface area (Å²) in [7, 11) is 0. The van der Waals surface area contributed by atoms with E-state index < -0.39 is 0 Å². The molecule has 2 rings (SSSR count). The number of halogens is 2. The average molecular weight is 353 g/mol. The smallest absolute Gasteiger partial charge is 0.228 e. The lowest BCUT2D eigenvalue weighted by Crippen LogP contribution is -2.32. The highest BCUT2D eigenvalue weighted by Gasteiger charge is 2.66. The fourth-order valence-electron chi connectivity index (χ4n) is 1.42. The summed E-state index contributed by atoms with van der Waals surface area (Å²) in [5.41, 5.74) is -0.315. The van der Waals surface area contributed by atoms with Gasteiger partial charge in [-0.25, -0.2) is 0 Å². The van der Waals surface area contributed by atoms with Gasteiger partial charge in [0.1, 0.15) is 0 Å². The summed E-state index contributed by atoms with van der Waals surface area (Å²) < 4.78 is -0.202. The molecule has 0 saturated heterocycles. The Morgan fingerprint density at radius 1 is 1.67 bits per heavy atom. The van der Waals surface area contributed by atoms with Crippen molar-refractivity contribution in [2.45, 2.75) is 23.1 Å². The van der Waals surface area contributed by atoms with Crippen LogP contribution in [0.5, 0.6) is 0 Å². The summed E-state index contributed by atoms with van der Waals surface area (Å²) in [4.78, 5) is 13.1. The van der Waals surface area contributed by atoms with E-state index in [9.17, 15) is 4.79 Å². The molecule has 1 N–H and O–H groups in total. The van der Waals surface area contributed by atoms with Gasteiger partial charge in [-0.15, -0.1) is 11.3 Å². The number of amides is 1. The summed E-state index contributed by atoms with van der Waals surface area (Å²) in [6.07, 6.45) is 0.830. The molecular weight excluding hydrogens is 342 g/mol. The molecule has 5 heteroatoms. The number of thiophene rings is 1. The minimum atomic E-state index is -0.315. The van der Waals surface area contributed by atoms with E-state index in [2.05, 4.69) is 37.2 Å². The van der Waals surface area contributed by atoms with Gasteiger partial charge in [0.25, 0.3) is 0 Å². The van der Waals surface area contributed by atoms with Crippen molar-refractivity contribution in [3.8, 4) is 0 Å². The van der Waals surface area contributed by atoms with Crippen LogP contribution in [0.3, 0.4) is 0 Å². The van der Waals surface area contributed by atoms with Gasteiger partial charge in [0.2, 0.25) is 5.91 Å². The number of hydrogen-bond donors (Lipinski definition) is 1. The van der Waals surface area contributed by atoms with Crippen molar-refractivity contribution in [3.63, 3.8) is 0 Å². The van der Waals surface area contributed by atoms with Crippen LogP contribution >= 0.6 is 43.2 Å². The molecule has 1 fully saturated rings. The third kappa shape index (κ3) is 2.15. The predicted octanol–water partition coefficient (Wildman–Crippen LogP) is 3.26. The minimum Gasteiger partial charge on any atom is -0.351 e. The van der Waals surface area contributed by atoms with Crippen LogP contribution in [0.1, 0.15) is 18.2 Å². The van der Waals surface area contributed by atoms with Crippen molar-refractivity contribution in [3.05, 3.63) is 22.4 Å². The molecule has 0 radical (unpaired) electrons.